The second-order valence-corrected chi connectivity index (χ2v) is 4.93. The summed E-state index contributed by atoms with van der Waals surface area (Å²) in [5.41, 5.74) is 6.21. The van der Waals surface area contributed by atoms with Crippen molar-refractivity contribution in [3.05, 3.63) is 29.8 Å². The molecule has 0 saturated heterocycles. The highest BCUT2D eigenvalue weighted by atomic mass is 16.5. The van der Waals surface area contributed by atoms with E-state index < -0.39 is 12.0 Å². The van der Waals surface area contributed by atoms with Crippen LogP contribution in [0.1, 0.15) is 24.3 Å². The monoisotopic (exact) mass is 264 g/mol. The Bertz CT molecular complexity index is 444. The van der Waals surface area contributed by atoms with E-state index >= 15 is 0 Å². The van der Waals surface area contributed by atoms with E-state index in [1.165, 1.54) is 5.56 Å². The molecule has 0 spiro atoms. The Balaban J connectivity index is 1.81. The van der Waals surface area contributed by atoms with E-state index in [4.69, 9.17) is 10.5 Å². The number of aliphatic hydroxyl groups is 1. The van der Waals surface area contributed by atoms with Crippen molar-refractivity contribution >= 4 is 5.91 Å². The van der Waals surface area contributed by atoms with Gasteiger partial charge in [-0.05, 0) is 30.4 Å². The lowest BCUT2D eigenvalue weighted by Gasteiger charge is -2.37. The molecule has 1 fully saturated rings. The van der Waals surface area contributed by atoms with Gasteiger partial charge in [-0.2, -0.15) is 0 Å². The molecule has 1 aromatic rings. The number of hydrogen-bond donors (Lipinski definition) is 3. The molecule has 1 aromatic carbocycles. The number of benzene rings is 1. The first kappa shape index (κ1) is 13.8. The predicted molar refractivity (Wildman–Crippen MR) is 72.0 cm³/mol. The second kappa shape index (κ2) is 6.04. The zero-order valence-electron chi connectivity index (χ0n) is 11.0. The predicted octanol–water partition coefficient (Wildman–Crippen LogP) is 0.377. The fourth-order valence-corrected chi connectivity index (χ4v) is 2.42. The van der Waals surface area contributed by atoms with Gasteiger partial charge in [0.1, 0.15) is 11.9 Å². The average Bonchev–Trinajstić information content (AvgIpc) is 2.36. The van der Waals surface area contributed by atoms with Crippen LogP contribution >= 0.6 is 0 Å². The largest absolute Gasteiger partial charge is 0.496 e. The summed E-state index contributed by atoms with van der Waals surface area (Å²) < 4.78 is 5.35. The number of rotatable bonds is 6. The smallest absolute Gasteiger partial charge is 0.247 e. The van der Waals surface area contributed by atoms with Crippen LogP contribution in [0.25, 0.3) is 0 Å². The third-order valence-electron chi connectivity index (χ3n) is 3.65. The molecule has 0 radical (unpaired) electrons. The highest BCUT2D eigenvalue weighted by Crippen LogP contribution is 2.40. The van der Waals surface area contributed by atoms with E-state index in [2.05, 4.69) is 11.4 Å². The molecule has 4 N–H and O–H groups in total. The van der Waals surface area contributed by atoms with Crippen LogP contribution < -0.4 is 15.8 Å². The number of aliphatic hydroxyl groups excluding tert-OH is 1. The van der Waals surface area contributed by atoms with Gasteiger partial charge < -0.3 is 20.9 Å². The highest BCUT2D eigenvalue weighted by molar-refractivity contribution is 5.78. The van der Waals surface area contributed by atoms with Crippen molar-refractivity contribution in [3.8, 4) is 5.75 Å². The molecule has 1 saturated carbocycles. The second-order valence-electron chi connectivity index (χ2n) is 4.93. The van der Waals surface area contributed by atoms with E-state index in [1.807, 2.05) is 18.2 Å². The minimum Gasteiger partial charge on any atom is -0.496 e. The standard InChI is InChI=1S/C14H20N2O3/c1-19-13-5-3-2-4-11(13)9-6-10(7-9)16-8-12(17)14(15)18/h2-5,9-10,12,16-17H,6-8H2,1H3,(H2,15,18). The van der Waals surface area contributed by atoms with Gasteiger partial charge in [0.15, 0.2) is 0 Å². The van der Waals surface area contributed by atoms with E-state index in [0.717, 1.165) is 18.6 Å². The first-order valence-electron chi connectivity index (χ1n) is 6.45. The number of nitrogens with two attached hydrogens (primary N) is 1. The minimum atomic E-state index is -1.11. The minimum absolute atomic E-state index is 0.221. The van der Waals surface area contributed by atoms with Crippen LogP contribution in [0.4, 0.5) is 0 Å². The summed E-state index contributed by atoms with van der Waals surface area (Å²) >= 11 is 0. The van der Waals surface area contributed by atoms with Crippen molar-refractivity contribution in [1.29, 1.82) is 0 Å². The first-order chi connectivity index (χ1) is 9.11. The molecule has 1 atom stereocenters. The van der Waals surface area contributed by atoms with Gasteiger partial charge >= 0.3 is 0 Å². The van der Waals surface area contributed by atoms with Crippen molar-refractivity contribution < 1.29 is 14.6 Å². The van der Waals surface area contributed by atoms with Crippen molar-refractivity contribution in [2.75, 3.05) is 13.7 Å². The van der Waals surface area contributed by atoms with Gasteiger partial charge in [0.25, 0.3) is 0 Å². The molecule has 5 heteroatoms. The zero-order valence-corrected chi connectivity index (χ0v) is 11.0. The summed E-state index contributed by atoms with van der Waals surface area (Å²) in [6, 6.07) is 8.34. The number of carbonyl (C=O) groups is 1. The molecule has 0 aliphatic heterocycles. The van der Waals surface area contributed by atoms with Crippen LogP contribution in [0.2, 0.25) is 0 Å². The number of amides is 1. The molecule has 1 unspecified atom stereocenters. The maximum atomic E-state index is 10.7. The number of methoxy groups -OCH3 is 1. The van der Waals surface area contributed by atoms with Gasteiger partial charge in [-0.1, -0.05) is 18.2 Å². The number of nitrogens with one attached hydrogen (secondary N) is 1. The van der Waals surface area contributed by atoms with Gasteiger partial charge in [0.05, 0.1) is 7.11 Å². The molecular weight excluding hydrogens is 244 g/mol. The van der Waals surface area contributed by atoms with Crippen LogP contribution in [0.5, 0.6) is 5.75 Å². The number of hydrogen-bond acceptors (Lipinski definition) is 4. The SMILES string of the molecule is COc1ccccc1C1CC(NCC(O)C(N)=O)C1. The lowest BCUT2D eigenvalue weighted by atomic mass is 9.75. The van der Waals surface area contributed by atoms with Crippen LogP contribution in [0.3, 0.4) is 0 Å². The van der Waals surface area contributed by atoms with E-state index in [1.54, 1.807) is 7.11 Å². The Kier molecular flexibility index (Phi) is 4.39. The van der Waals surface area contributed by atoms with Gasteiger partial charge in [0, 0.05) is 12.6 Å². The molecule has 104 valence electrons. The third-order valence-corrected chi connectivity index (χ3v) is 3.65. The molecule has 2 rings (SSSR count). The molecule has 1 amide bonds. The Morgan fingerprint density at radius 2 is 2.21 bits per heavy atom. The van der Waals surface area contributed by atoms with Gasteiger partial charge in [0.2, 0.25) is 5.91 Å². The number of para-hydroxylation sites is 1. The van der Waals surface area contributed by atoms with Crippen LogP contribution in [-0.2, 0) is 4.79 Å². The third kappa shape index (κ3) is 3.24. The maximum absolute atomic E-state index is 10.7. The Labute approximate surface area is 112 Å². The summed E-state index contributed by atoms with van der Waals surface area (Å²) in [6.45, 7) is 0.221. The van der Waals surface area contributed by atoms with Crippen LogP contribution in [-0.4, -0.2) is 36.8 Å². The lowest BCUT2D eigenvalue weighted by molar-refractivity contribution is -0.125. The summed E-state index contributed by atoms with van der Waals surface area (Å²) in [5, 5.41) is 12.4. The fourth-order valence-electron chi connectivity index (χ4n) is 2.42. The summed E-state index contributed by atoms with van der Waals surface area (Å²) in [5.74, 6) is 0.704. The fraction of sp³-hybridized carbons (Fsp3) is 0.500. The highest BCUT2D eigenvalue weighted by Gasteiger charge is 2.32. The Morgan fingerprint density at radius 1 is 1.53 bits per heavy atom. The van der Waals surface area contributed by atoms with E-state index in [0.29, 0.717) is 12.0 Å². The molecular formula is C14H20N2O3. The Hall–Kier alpha value is -1.59. The van der Waals surface area contributed by atoms with Crippen molar-refractivity contribution in [1.82, 2.24) is 5.32 Å². The van der Waals surface area contributed by atoms with Crippen LogP contribution in [0.15, 0.2) is 24.3 Å². The van der Waals surface area contributed by atoms with Gasteiger partial charge in [-0.3, -0.25) is 4.79 Å². The number of ether oxygens (including phenoxy) is 1. The van der Waals surface area contributed by atoms with Gasteiger partial charge in [-0.15, -0.1) is 0 Å². The molecule has 19 heavy (non-hydrogen) atoms. The molecule has 0 bridgehead atoms. The first-order valence-corrected chi connectivity index (χ1v) is 6.45. The summed E-state index contributed by atoms with van der Waals surface area (Å²) in [6.07, 6.45) is 0.850. The molecule has 1 aliphatic carbocycles. The number of primary amides is 1. The normalized spacial score (nSPS) is 23.5. The molecule has 1 aliphatic rings. The number of carbonyl (C=O) groups excluding carboxylic acids is 1. The lowest BCUT2D eigenvalue weighted by Crippen LogP contribution is -2.46. The van der Waals surface area contributed by atoms with E-state index in [-0.39, 0.29) is 6.54 Å². The summed E-state index contributed by atoms with van der Waals surface area (Å²) in [7, 11) is 1.68. The van der Waals surface area contributed by atoms with Crippen molar-refractivity contribution in [2.45, 2.75) is 30.9 Å². The zero-order chi connectivity index (χ0) is 13.8. The molecule has 0 heterocycles. The molecule has 0 aromatic heterocycles. The van der Waals surface area contributed by atoms with E-state index in [9.17, 15) is 9.90 Å². The molecule has 5 nitrogen and oxygen atoms in total. The van der Waals surface area contributed by atoms with Crippen molar-refractivity contribution in [2.24, 2.45) is 5.73 Å². The van der Waals surface area contributed by atoms with Crippen LogP contribution in [0, 0.1) is 0 Å². The quantitative estimate of drug-likeness (QED) is 0.693. The summed E-state index contributed by atoms with van der Waals surface area (Å²) in [4.78, 5) is 10.7. The van der Waals surface area contributed by atoms with Gasteiger partial charge in [-0.25, -0.2) is 0 Å². The maximum Gasteiger partial charge on any atom is 0.247 e. The van der Waals surface area contributed by atoms with Crippen molar-refractivity contribution in [3.63, 3.8) is 0 Å². The Morgan fingerprint density at radius 3 is 2.84 bits per heavy atom. The topological polar surface area (TPSA) is 84.6 Å². The average molecular weight is 264 g/mol.